The van der Waals surface area contributed by atoms with Gasteiger partial charge in [-0.15, -0.1) is 0 Å². The van der Waals surface area contributed by atoms with Crippen molar-refractivity contribution in [2.75, 3.05) is 23.0 Å². The second kappa shape index (κ2) is 7.74. The molecular formula is C20H20BrN3O2. The molecule has 2 aromatic carbocycles. The fourth-order valence-electron chi connectivity index (χ4n) is 2.87. The number of hydrogen-bond acceptors (Lipinski definition) is 3. The van der Waals surface area contributed by atoms with Crippen molar-refractivity contribution in [2.45, 2.75) is 13.8 Å². The highest BCUT2D eigenvalue weighted by atomic mass is 79.9. The Kier molecular flexibility index (Phi) is 5.42. The maximum Gasteiger partial charge on any atom is 0.282 e. The van der Waals surface area contributed by atoms with Gasteiger partial charge in [0.15, 0.2) is 0 Å². The maximum atomic E-state index is 12.6. The number of amides is 2. The minimum Gasteiger partial charge on any atom is -0.372 e. The van der Waals surface area contributed by atoms with Crippen molar-refractivity contribution >= 4 is 45.2 Å². The van der Waals surface area contributed by atoms with Gasteiger partial charge in [0.1, 0.15) is 5.57 Å². The Morgan fingerprint density at radius 2 is 1.62 bits per heavy atom. The predicted octanol–water partition coefficient (Wildman–Crippen LogP) is 3.76. The van der Waals surface area contributed by atoms with Gasteiger partial charge < -0.3 is 4.90 Å². The van der Waals surface area contributed by atoms with E-state index in [0.29, 0.717) is 5.69 Å². The normalized spacial score (nSPS) is 15.5. The molecule has 0 radical (unpaired) electrons. The molecule has 1 fully saturated rings. The van der Waals surface area contributed by atoms with Crippen LogP contribution in [-0.4, -0.2) is 24.9 Å². The summed E-state index contributed by atoms with van der Waals surface area (Å²) in [4.78, 5) is 27.1. The zero-order chi connectivity index (χ0) is 18.7. The van der Waals surface area contributed by atoms with Crippen molar-refractivity contribution < 1.29 is 9.59 Å². The van der Waals surface area contributed by atoms with E-state index in [1.807, 2.05) is 36.4 Å². The van der Waals surface area contributed by atoms with Crippen LogP contribution in [0.25, 0.3) is 6.08 Å². The van der Waals surface area contributed by atoms with E-state index < -0.39 is 5.91 Å². The molecule has 2 amide bonds. The van der Waals surface area contributed by atoms with Crippen LogP contribution < -0.4 is 15.3 Å². The van der Waals surface area contributed by atoms with E-state index in [2.05, 4.69) is 40.1 Å². The monoisotopic (exact) mass is 413 g/mol. The summed E-state index contributed by atoms with van der Waals surface area (Å²) in [6.45, 7) is 6.08. The van der Waals surface area contributed by atoms with Crippen LogP contribution in [0.5, 0.6) is 0 Å². The lowest BCUT2D eigenvalue weighted by atomic mass is 10.1. The molecule has 0 aromatic heterocycles. The third-order valence-corrected chi connectivity index (χ3v) is 4.84. The lowest BCUT2D eigenvalue weighted by molar-refractivity contribution is -0.117. The molecule has 1 aliphatic heterocycles. The molecule has 0 unspecified atom stereocenters. The zero-order valence-electron chi connectivity index (χ0n) is 14.7. The van der Waals surface area contributed by atoms with E-state index in [1.54, 1.807) is 18.2 Å². The largest absolute Gasteiger partial charge is 0.372 e. The number of anilines is 2. The van der Waals surface area contributed by atoms with Crippen LogP contribution >= 0.6 is 15.9 Å². The summed E-state index contributed by atoms with van der Waals surface area (Å²) in [7, 11) is 0. The van der Waals surface area contributed by atoms with Crippen molar-refractivity contribution in [3.05, 3.63) is 64.1 Å². The third kappa shape index (κ3) is 3.65. The lowest BCUT2D eigenvalue weighted by Crippen LogP contribution is -2.35. The van der Waals surface area contributed by atoms with Gasteiger partial charge in [0.25, 0.3) is 11.8 Å². The number of carbonyl (C=O) groups excluding carboxylic acids is 2. The molecule has 5 nitrogen and oxygen atoms in total. The van der Waals surface area contributed by atoms with E-state index in [4.69, 9.17) is 0 Å². The summed E-state index contributed by atoms with van der Waals surface area (Å²) in [5.74, 6) is -0.754. The van der Waals surface area contributed by atoms with Crippen LogP contribution in [-0.2, 0) is 9.59 Å². The van der Waals surface area contributed by atoms with Crippen molar-refractivity contribution in [3.8, 4) is 0 Å². The van der Waals surface area contributed by atoms with E-state index in [0.717, 1.165) is 28.8 Å². The molecule has 0 aliphatic carbocycles. The molecular weight excluding hydrogens is 394 g/mol. The Morgan fingerprint density at radius 3 is 2.19 bits per heavy atom. The third-order valence-electron chi connectivity index (χ3n) is 4.31. The zero-order valence-corrected chi connectivity index (χ0v) is 16.3. The summed E-state index contributed by atoms with van der Waals surface area (Å²) in [6.07, 6.45) is 1.63. The predicted molar refractivity (Wildman–Crippen MR) is 108 cm³/mol. The quantitative estimate of drug-likeness (QED) is 0.599. The average molecular weight is 414 g/mol. The molecule has 6 heteroatoms. The first-order valence-electron chi connectivity index (χ1n) is 8.51. The molecule has 0 spiro atoms. The molecule has 1 aliphatic rings. The Balaban J connectivity index is 1.83. The van der Waals surface area contributed by atoms with Crippen molar-refractivity contribution in [3.63, 3.8) is 0 Å². The molecule has 1 N–H and O–H groups in total. The van der Waals surface area contributed by atoms with Gasteiger partial charge in [0.2, 0.25) is 0 Å². The molecule has 1 saturated heterocycles. The van der Waals surface area contributed by atoms with Gasteiger partial charge in [-0.1, -0.05) is 28.1 Å². The van der Waals surface area contributed by atoms with Gasteiger partial charge in [0, 0.05) is 23.2 Å². The number of carbonyl (C=O) groups is 2. The van der Waals surface area contributed by atoms with E-state index in [9.17, 15) is 9.59 Å². The van der Waals surface area contributed by atoms with Crippen LogP contribution in [0.2, 0.25) is 0 Å². The Labute approximate surface area is 161 Å². The molecule has 0 atom stereocenters. The first-order valence-corrected chi connectivity index (χ1v) is 9.30. The number of benzene rings is 2. The molecule has 0 bridgehead atoms. The Bertz CT molecular complexity index is 840. The number of nitrogens with zero attached hydrogens (tertiary/aromatic N) is 2. The number of halogens is 1. The standard InChI is InChI=1S/C20H20BrN3O2/c1-3-23(4-2)16-9-5-14(6-10-16)13-18-19(25)22-24(20(18)26)17-11-7-15(21)8-12-17/h5-13H,3-4H2,1-2H3,(H,22,25)/b18-13+. The first kappa shape index (κ1) is 18.2. The summed E-state index contributed by atoms with van der Waals surface area (Å²) >= 11 is 3.36. The number of nitrogens with one attached hydrogen (secondary N) is 1. The smallest absolute Gasteiger partial charge is 0.282 e. The van der Waals surface area contributed by atoms with Crippen molar-refractivity contribution in [2.24, 2.45) is 0 Å². The molecule has 1 heterocycles. The van der Waals surface area contributed by atoms with Gasteiger partial charge in [-0.3, -0.25) is 15.0 Å². The van der Waals surface area contributed by atoms with Gasteiger partial charge in [-0.2, -0.15) is 0 Å². The maximum absolute atomic E-state index is 12.6. The van der Waals surface area contributed by atoms with Crippen molar-refractivity contribution in [1.29, 1.82) is 0 Å². The fraction of sp³-hybridized carbons (Fsp3) is 0.200. The Hall–Kier alpha value is -2.60. The van der Waals surface area contributed by atoms with Gasteiger partial charge in [-0.05, 0) is 61.9 Å². The van der Waals surface area contributed by atoms with Crippen LogP contribution in [0.4, 0.5) is 11.4 Å². The summed E-state index contributed by atoms with van der Waals surface area (Å²) in [5, 5.41) is 1.27. The fourth-order valence-corrected chi connectivity index (χ4v) is 3.13. The van der Waals surface area contributed by atoms with Gasteiger partial charge >= 0.3 is 0 Å². The highest BCUT2D eigenvalue weighted by Gasteiger charge is 2.34. The highest BCUT2D eigenvalue weighted by Crippen LogP contribution is 2.24. The van der Waals surface area contributed by atoms with Crippen molar-refractivity contribution in [1.82, 2.24) is 5.43 Å². The van der Waals surface area contributed by atoms with Crippen LogP contribution in [0.15, 0.2) is 58.6 Å². The molecule has 3 rings (SSSR count). The van der Waals surface area contributed by atoms with Gasteiger partial charge in [0.05, 0.1) is 5.69 Å². The molecule has 26 heavy (non-hydrogen) atoms. The Morgan fingerprint density at radius 1 is 1.00 bits per heavy atom. The second-order valence-corrected chi connectivity index (χ2v) is 6.80. The summed E-state index contributed by atoms with van der Waals surface area (Å²) < 4.78 is 0.906. The SMILES string of the molecule is CCN(CC)c1ccc(/C=C2\C(=O)NN(c3ccc(Br)cc3)C2=O)cc1. The van der Waals surface area contributed by atoms with E-state index in [-0.39, 0.29) is 11.5 Å². The number of rotatable bonds is 5. The van der Waals surface area contributed by atoms with E-state index in [1.165, 1.54) is 5.01 Å². The van der Waals surface area contributed by atoms with Crippen LogP contribution in [0, 0.1) is 0 Å². The number of hydrazine groups is 1. The minimum atomic E-state index is -0.397. The molecule has 134 valence electrons. The van der Waals surface area contributed by atoms with Crippen LogP contribution in [0.1, 0.15) is 19.4 Å². The summed E-state index contributed by atoms with van der Waals surface area (Å²) in [6, 6.07) is 15.0. The lowest BCUT2D eigenvalue weighted by Gasteiger charge is -2.20. The molecule has 2 aromatic rings. The number of hydrogen-bond donors (Lipinski definition) is 1. The second-order valence-electron chi connectivity index (χ2n) is 5.88. The molecule has 0 saturated carbocycles. The minimum absolute atomic E-state index is 0.128. The van der Waals surface area contributed by atoms with E-state index >= 15 is 0 Å². The van der Waals surface area contributed by atoms with Gasteiger partial charge in [-0.25, -0.2) is 5.01 Å². The highest BCUT2D eigenvalue weighted by molar-refractivity contribution is 9.10. The summed E-state index contributed by atoms with van der Waals surface area (Å²) in [5.41, 5.74) is 5.29. The average Bonchev–Trinajstić information content (AvgIpc) is 2.93. The topological polar surface area (TPSA) is 52.7 Å². The first-order chi connectivity index (χ1) is 12.5. The van der Waals surface area contributed by atoms with Crippen LogP contribution in [0.3, 0.4) is 0 Å².